The number of benzene rings is 1. The van der Waals surface area contributed by atoms with Crippen LogP contribution in [-0.2, 0) is 4.79 Å². The minimum atomic E-state index is -0.523. The summed E-state index contributed by atoms with van der Waals surface area (Å²) in [5.74, 6) is -0.132. The second-order valence-corrected chi connectivity index (χ2v) is 3.35. The summed E-state index contributed by atoms with van der Waals surface area (Å²) in [7, 11) is 0. The summed E-state index contributed by atoms with van der Waals surface area (Å²) in [6, 6.07) is 5.39. The van der Waals surface area contributed by atoms with E-state index in [0.29, 0.717) is 11.4 Å². The third-order valence-corrected chi connectivity index (χ3v) is 2.09. The van der Waals surface area contributed by atoms with Gasteiger partial charge in [0.2, 0.25) is 0 Å². The number of esters is 1. The molecule has 6 heteroatoms. The first-order chi connectivity index (χ1) is 8.20. The summed E-state index contributed by atoms with van der Waals surface area (Å²) in [5, 5.41) is 10.8. The van der Waals surface area contributed by atoms with Crippen LogP contribution in [0.1, 0.15) is 5.56 Å². The van der Waals surface area contributed by atoms with Crippen LogP contribution in [0.25, 0.3) is 5.69 Å². The molecular formula is C11H10N4O2. The van der Waals surface area contributed by atoms with Gasteiger partial charge in [-0.3, -0.25) is 0 Å². The third-order valence-electron chi connectivity index (χ3n) is 2.09. The highest BCUT2D eigenvalue weighted by Gasteiger charge is 2.10. The number of carbonyl (C=O) groups is 1. The normalized spacial score (nSPS) is 9.94. The van der Waals surface area contributed by atoms with Gasteiger partial charge in [-0.15, -0.1) is 5.10 Å². The van der Waals surface area contributed by atoms with E-state index in [1.54, 1.807) is 12.1 Å². The SMILES string of the molecule is C=CC(=O)Oc1cc(C)ccc1-n1cnnn1. The lowest BCUT2D eigenvalue weighted by Gasteiger charge is -2.08. The number of aryl methyl sites for hydroxylation is 1. The minimum Gasteiger partial charge on any atom is -0.421 e. The van der Waals surface area contributed by atoms with Gasteiger partial charge in [0.1, 0.15) is 12.0 Å². The average Bonchev–Trinajstić information content (AvgIpc) is 2.82. The molecule has 0 fully saturated rings. The van der Waals surface area contributed by atoms with Crippen molar-refractivity contribution in [1.82, 2.24) is 20.2 Å². The van der Waals surface area contributed by atoms with Crippen molar-refractivity contribution in [2.24, 2.45) is 0 Å². The Labute approximate surface area is 97.5 Å². The van der Waals surface area contributed by atoms with Crippen molar-refractivity contribution in [1.29, 1.82) is 0 Å². The van der Waals surface area contributed by atoms with Crippen LogP contribution in [0.5, 0.6) is 5.75 Å². The van der Waals surface area contributed by atoms with Crippen LogP contribution in [0.3, 0.4) is 0 Å². The van der Waals surface area contributed by atoms with E-state index in [-0.39, 0.29) is 0 Å². The zero-order valence-electron chi connectivity index (χ0n) is 9.20. The van der Waals surface area contributed by atoms with Crippen LogP contribution >= 0.6 is 0 Å². The highest BCUT2D eigenvalue weighted by Crippen LogP contribution is 2.23. The zero-order chi connectivity index (χ0) is 12.3. The molecule has 0 unspecified atom stereocenters. The van der Waals surface area contributed by atoms with Crippen molar-refractivity contribution in [3.8, 4) is 11.4 Å². The summed E-state index contributed by atoms with van der Waals surface area (Å²) in [4.78, 5) is 11.2. The molecule has 0 atom stereocenters. The van der Waals surface area contributed by atoms with Gasteiger partial charge in [0, 0.05) is 6.08 Å². The van der Waals surface area contributed by atoms with Gasteiger partial charge in [-0.2, -0.15) is 4.68 Å². The zero-order valence-corrected chi connectivity index (χ0v) is 9.20. The fraction of sp³-hybridized carbons (Fsp3) is 0.0909. The van der Waals surface area contributed by atoms with E-state index in [2.05, 4.69) is 22.1 Å². The second-order valence-electron chi connectivity index (χ2n) is 3.35. The summed E-state index contributed by atoms with van der Waals surface area (Å²) >= 11 is 0. The van der Waals surface area contributed by atoms with Gasteiger partial charge in [-0.25, -0.2) is 4.79 Å². The summed E-state index contributed by atoms with van der Waals surface area (Å²) in [6.45, 7) is 5.25. The molecular weight excluding hydrogens is 220 g/mol. The molecule has 0 spiro atoms. The van der Waals surface area contributed by atoms with Gasteiger partial charge < -0.3 is 4.74 Å². The predicted octanol–water partition coefficient (Wildman–Crippen LogP) is 1.06. The Morgan fingerprint density at radius 2 is 2.35 bits per heavy atom. The Bertz CT molecular complexity index is 549. The maximum Gasteiger partial charge on any atom is 0.335 e. The Hall–Kier alpha value is -2.50. The fourth-order valence-corrected chi connectivity index (χ4v) is 1.31. The van der Waals surface area contributed by atoms with Gasteiger partial charge >= 0.3 is 5.97 Å². The molecule has 0 amide bonds. The van der Waals surface area contributed by atoms with Crippen molar-refractivity contribution < 1.29 is 9.53 Å². The molecule has 1 heterocycles. The lowest BCUT2D eigenvalue weighted by atomic mass is 10.2. The molecule has 0 radical (unpaired) electrons. The van der Waals surface area contributed by atoms with Crippen LogP contribution in [0.4, 0.5) is 0 Å². The molecule has 0 bridgehead atoms. The van der Waals surface area contributed by atoms with Crippen molar-refractivity contribution >= 4 is 5.97 Å². The van der Waals surface area contributed by atoms with Gasteiger partial charge in [0.15, 0.2) is 5.75 Å². The van der Waals surface area contributed by atoms with Crippen molar-refractivity contribution in [3.05, 3.63) is 42.7 Å². The summed E-state index contributed by atoms with van der Waals surface area (Å²) in [5.41, 5.74) is 1.56. The average molecular weight is 230 g/mol. The van der Waals surface area contributed by atoms with E-state index in [0.717, 1.165) is 11.6 Å². The van der Waals surface area contributed by atoms with Crippen LogP contribution in [0.15, 0.2) is 37.2 Å². The van der Waals surface area contributed by atoms with Gasteiger partial charge in [0.25, 0.3) is 0 Å². The first kappa shape index (κ1) is 11.0. The fourth-order valence-electron chi connectivity index (χ4n) is 1.31. The number of rotatable bonds is 3. The maximum atomic E-state index is 11.2. The number of hydrogen-bond donors (Lipinski definition) is 0. The Morgan fingerprint density at radius 3 is 3.00 bits per heavy atom. The lowest BCUT2D eigenvalue weighted by Crippen LogP contribution is -2.07. The van der Waals surface area contributed by atoms with E-state index in [9.17, 15) is 4.79 Å². The third kappa shape index (κ3) is 2.36. The quantitative estimate of drug-likeness (QED) is 0.448. The Balaban J connectivity index is 2.44. The van der Waals surface area contributed by atoms with Gasteiger partial charge in [-0.1, -0.05) is 12.6 Å². The standard InChI is InChI=1S/C11H10N4O2/c1-3-11(16)17-10-6-8(2)4-5-9(10)15-7-12-13-14-15/h3-7H,1H2,2H3. The summed E-state index contributed by atoms with van der Waals surface area (Å²) in [6.07, 6.45) is 2.53. The molecule has 6 nitrogen and oxygen atoms in total. The predicted molar refractivity (Wildman–Crippen MR) is 59.7 cm³/mol. The van der Waals surface area contributed by atoms with Crippen molar-refractivity contribution in [3.63, 3.8) is 0 Å². The highest BCUT2D eigenvalue weighted by atomic mass is 16.5. The maximum absolute atomic E-state index is 11.2. The van der Waals surface area contributed by atoms with Crippen LogP contribution in [-0.4, -0.2) is 26.2 Å². The van der Waals surface area contributed by atoms with Crippen molar-refractivity contribution in [2.75, 3.05) is 0 Å². The molecule has 0 saturated heterocycles. The number of tetrazole rings is 1. The first-order valence-corrected chi connectivity index (χ1v) is 4.89. The number of aromatic nitrogens is 4. The minimum absolute atomic E-state index is 0.391. The molecule has 86 valence electrons. The smallest absolute Gasteiger partial charge is 0.335 e. The number of ether oxygens (including phenoxy) is 1. The molecule has 17 heavy (non-hydrogen) atoms. The van der Waals surface area contributed by atoms with Crippen LogP contribution in [0.2, 0.25) is 0 Å². The lowest BCUT2D eigenvalue weighted by molar-refractivity contribution is -0.128. The monoisotopic (exact) mass is 230 g/mol. The molecule has 0 aliphatic carbocycles. The van der Waals surface area contributed by atoms with E-state index >= 15 is 0 Å². The van der Waals surface area contributed by atoms with E-state index < -0.39 is 5.97 Å². The second kappa shape index (κ2) is 4.56. The Kier molecular flexibility index (Phi) is 2.95. The Morgan fingerprint density at radius 1 is 1.53 bits per heavy atom. The van der Waals surface area contributed by atoms with Crippen LogP contribution in [0, 0.1) is 6.92 Å². The molecule has 0 N–H and O–H groups in total. The van der Waals surface area contributed by atoms with E-state index in [4.69, 9.17) is 4.74 Å². The molecule has 2 aromatic rings. The van der Waals surface area contributed by atoms with Gasteiger partial charge in [0.05, 0.1) is 0 Å². The molecule has 0 saturated carbocycles. The number of carbonyl (C=O) groups excluding carboxylic acids is 1. The largest absolute Gasteiger partial charge is 0.421 e. The van der Waals surface area contributed by atoms with E-state index in [1.807, 2.05) is 13.0 Å². The number of nitrogens with zero attached hydrogens (tertiary/aromatic N) is 4. The molecule has 2 rings (SSSR count). The molecule has 0 aliphatic heterocycles. The highest BCUT2D eigenvalue weighted by molar-refractivity contribution is 5.84. The van der Waals surface area contributed by atoms with Gasteiger partial charge in [-0.05, 0) is 35.0 Å². The van der Waals surface area contributed by atoms with Crippen LogP contribution < -0.4 is 4.74 Å². The molecule has 1 aromatic heterocycles. The number of hydrogen-bond acceptors (Lipinski definition) is 5. The summed E-state index contributed by atoms with van der Waals surface area (Å²) < 4.78 is 6.55. The molecule has 0 aliphatic rings. The topological polar surface area (TPSA) is 69.9 Å². The first-order valence-electron chi connectivity index (χ1n) is 4.89. The van der Waals surface area contributed by atoms with E-state index in [1.165, 1.54) is 11.0 Å². The molecule has 1 aromatic carbocycles. The van der Waals surface area contributed by atoms with Crippen molar-refractivity contribution in [2.45, 2.75) is 6.92 Å².